The van der Waals surface area contributed by atoms with Crippen molar-refractivity contribution in [2.24, 2.45) is 0 Å². The second kappa shape index (κ2) is 6.68. The van der Waals surface area contributed by atoms with Crippen LogP contribution in [-0.2, 0) is 0 Å². The molecule has 6 heteroatoms. The molecule has 4 rings (SSSR count). The molecule has 0 radical (unpaired) electrons. The number of rotatable bonds is 4. The fourth-order valence-electron chi connectivity index (χ4n) is 2.82. The van der Waals surface area contributed by atoms with Gasteiger partial charge in [0, 0.05) is 11.8 Å². The zero-order valence-corrected chi connectivity index (χ0v) is 14.1. The van der Waals surface area contributed by atoms with Crippen LogP contribution in [0, 0.1) is 0 Å². The lowest BCUT2D eigenvalue weighted by Gasteiger charge is -2.09. The highest BCUT2D eigenvalue weighted by Crippen LogP contribution is 2.25. The van der Waals surface area contributed by atoms with E-state index in [0.717, 1.165) is 11.3 Å². The summed E-state index contributed by atoms with van der Waals surface area (Å²) in [6.07, 6.45) is 3.21. The maximum atomic E-state index is 12.7. The van der Waals surface area contributed by atoms with Gasteiger partial charge in [-0.2, -0.15) is 5.10 Å². The Morgan fingerprint density at radius 3 is 2.62 bits per heavy atom. The first kappa shape index (κ1) is 15.8. The number of ether oxygens (including phenoxy) is 1. The Hall–Kier alpha value is -3.67. The smallest absolute Gasteiger partial charge is 0.261 e. The van der Waals surface area contributed by atoms with Crippen LogP contribution in [0.4, 0.5) is 5.69 Å². The van der Waals surface area contributed by atoms with Crippen molar-refractivity contribution in [3.8, 4) is 17.0 Å². The van der Waals surface area contributed by atoms with Gasteiger partial charge in [-0.15, -0.1) is 0 Å². The third-order valence-corrected chi connectivity index (χ3v) is 4.07. The van der Waals surface area contributed by atoms with Gasteiger partial charge in [-0.25, -0.2) is 9.50 Å². The number of nitrogens with one attached hydrogen (secondary N) is 1. The highest BCUT2D eigenvalue weighted by atomic mass is 16.5. The van der Waals surface area contributed by atoms with Gasteiger partial charge in [-0.3, -0.25) is 4.79 Å². The molecule has 0 fully saturated rings. The van der Waals surface area contributed by atoms with Crippen LogP contribution in [0.15, 0.2) is 73.1 Å². The molecule has 4 aromatic rings. The molecular formula is C20H16N4O2. The summed E-state index contributed by atoms with van der Waals surface area (Å²) in [5, 5.41) is 7.22. The first-order valence-electron chi connectivity index (χ1n) is 8.10. The standard InChI is InChI=1S/C20H16N4O2/c1-26-18-10-6-5-9-16(18)23-20(25)15-13-22-24-17(11-12-21-19(15)24)14-7-3-2-4-8-14/h2-13H,1H3,(H,23,25). The van der Waals surface area contributed by atoms with Crippen LogP contribution in [-0.4, -0.2) is 27.6 Å². The second-order valence-corrected chi connectivity index (χ2v) is 5.64. The van der Waals surface area contributed by atoms with E-state index in [0.29, 0.717) is 22.6 Å². The third-order valence-electron chi connectivity index (χ3n) is 4.07. The van der Waals surface area contributed by atoms with Crippen molar-refractivity contribution >= 4 is 17.2 Å². The van der Waals surface area contributed by atoms with E-state index < -0.39 is 0 Å². The molecule has 0 spiro atoms. The largest absolute Gasteiger partial charge is 0.495 e. The topological polar surface area (TPSA) is 68.5 Å². The summed E-state index contributed by atoms with van der Waals surface area (Å²) < 4.78 is 6.95. The van der Waals surface area contributed by atoms with Crippen molar-refractivity contribution in [3.63, 3.8) is 0 Å². The average Bonchev–Trinajstić information content (AvgIpc) is 3.13. The summed E-state index contributed by atoms with van der Waals surface area (Å²) in [6, 6.07) is 19.0. The Morgan fingerprint density at radius 2 is 1.81 bits per heavy atom. The van der Waals surface area contributed by atoms with Gasteiger partial charge >= 0.3 is 0 Å². The lowest BCUT2D eigenvalue weighted by atomic mass is 10.1. The summed E-state index contributed by atoms with van der Waals surface area (Å²) in [5.41, 5.74) is 3.36. The number of para-hydroxylation sites is 2. The minimum atomic E-state index is -0.290. The highest BCUT2D eigenvalue weighted by Gasteiger charge is 2.17. The normalized spacial score (nSPS) is 10.7. The van der Waals surface area contributed by atoms with E-state index in [1.807, 2.05) is 48.5 Å². The van der Waals surface area contributed by atoms with Gasteiger partial charge in [0.1, 0.15) is 11.3 Å². The fourth-order valence-corrected chi connectivity index (χ4v) is 2.82. The number of methoxy groups -OCH3 is 1. The van der Waals surface area contributed by atoms with Gasteiger partial charge < -0.3 is 10.1 Å². The van der Waals surface area contributed by atoms with Gasteiger partial charge in [0.25, 0.3) is 5.91 Å². The molecular weight excluding hydrogens is 328 g/mol. The number of benzene rings is 2. The number of carbonyl (C=O) groups excluding carboxylic acids is 1. The van der Waals surface area contributed by atoms with E-state index >= 15 is 0 Å². The Labute approximate surface area is 150 Å². The van der Waals surface area contributed by atoms with Crippen molar-refractivity contribution in [2.75, 3.05) is 12.4 Å². The molecule has 2 aromatic carbocycles. The van der Waals surface area contributed by atoms with E-state index in [-0.39, 0.29) is 5.91 Å². The SMILES string of the molecule is COc1ccccc1NC(=O)c1cnn2c(-c3ccccc3)ccnc12. The van der Waals surface area contributed by atoms with E-state index in [9.17, 15) is 4.79 Å². The van der Waals surface area contributed by atoms with Crippen LogP contribution in [0.5, 0.6) is 5.75 Å². The number of amides is 1. The Bertz CT molecular complexity index is 1070. The molecule has 128 valence electrons. The number of nitrogens with zero attached hydrogens (tertiary/aromatic N) is 3. The monoisotopic (exact) mass is 344 g/mol. The van der Waals surface area contributed by atoms with Crippen molar-refractivity contribution in [3.05, 3.63) is 78.6 Å². The molecule has 26 heavy (non-hydrogen) atoms. The molecule has 0 aliphatic carbocycles. The zero-order valence-electron chi connectivity index (χ0n) is 14.1. The minimum absolute atomic E-state index is 0.290. The van der Waals surface area contributed by atoms with Crippen LogP contribution < -0.4 is 10.1 Å². The summed E-state index contributed by atoms with van der Waals surface area (Å²) >= 11 is 0. The molecule has 0 aliphatic heterocycles. The van der Waals surface area contributed by atoms with Gasteiger partial charge in [0.2, 0.25) is 0 Å². The Kier molecular flexibility index (Phi) is 4.07. The van der Waals surface area contributed by atoms with Gasteiger partial charge in [-0.05, 0) is 18.2 Å². The molecule has 1 N–H and O–H groups in total. The summed E-state index contributed by atoms with van der Waals surface area (Å²) in [4.78, 5) is 17.1. The molecule has 0 saturated heterocycles. The molecule has 0 bridgehead atoms. The number of aromatic nitrogens is 3. The van der Waals surface area contributed by atoms with E-state index in [1.165, 1.54) is 6.20 Å². The van der Waals surface area contributed by atoms with Crippen LogP contribution in [0.25, 0.3) is 16.9 Å². The van der Waals surface area contributed by atoms with Crippen molar-refractivity contribution in [1.82, 2.24) is 14.6 Å². The zero-order chi connectivity index (χ0) is 17.9. The summed E-state index contributed by atoms with van der Waals surface area (Å²) in [6.45, 7) is 0. The van der Waals surface area contributed by atoms with Gasteiger partial charge in [0.15, 0.2) is 5.65 Å². The number of anilines is 1. The molecule has 0 aliphatic rings. The third kappa shape index (κ3) is 2.77. The maximum Gasteiger partial charge on any atom is 0.261 e. The second-order valence-electron chi connectivity index (χ2n) is 5.64. The van der Waals surface area contributed by atoms with Gasteiger partial charge in [-0.1, -0.05) is 42.5 Å². The summed E-state index contributed by atoms with van der Waals surface area (Å²) in [7, 11) is 1.56. The van der Waals surface area contributed by atoms with E-state index in [2.05, 4.69) is 15.4 Å². The predicted molar refractivity (Wildman–Crippen MR) is 99.4 cm³/mol. The number of hydrogen-bond donors (Lipinski definition) is 1. The van der Waals surface area contributed by atoms with Crippen molar-refractivity contribution in [1.29, 1.82) is 0 Å². The molecule has 0 saturated carbocycles. The molecule has 6 nitrogen and oxygen atoms in total. The molecule has 2 aromatic heterocycles. The van der Waals surface area contributed by atoms with E-state index in [1.54, 1.807) is 30.0 Å². The van der Waals surface area contributed by atoms with Gasteiger partial charge in [0.05, 0.1) is 24.7 Å². The highest BCUT2D eigenvalue weighted by molar-refractivity contribution is 6.08. The Morgan fingerprint density at radius 1 is 1.04 bits per heavy atom. The van der Waals surface area contributed by atoms with Crippen LogP contribution in [0.1, 0.15) is 10.4 Å². The first-order valence-corrected chi connectivity index (χ1v) is 8.10. The van der Waals surface area contributed by atoms with Crippen LogP contribution in [0.3, 0.4) is 0 Å². The average molecular weight is 344 g/mol. The number of fused-ring (bicyclic) bond motifs is 1. The molecule has 0 unspecified atom stereocenters. The quantitative estimate of drug-likeness (QED) is 0.613. The maximum absolute atomic E-state index is 12.7. The van der Waals surface area contributed by atoms with E-state index in [4.69, 9.17) is 4.74 Å². The lowest BCUT2D eigenvalue weighted by molar-refractivity contribution is 0.102. The first-order chi connectivity index (χ1) is 12.8. The predicted octanol–water partition coefficient (Wildman–Crippen LogP) is 3.66. The Balaban J connectivity index is 1.73. The number of hydrogen-bond acceptors (Lipinski definition) is 4. The lowest BCUT2D eigenvalue weighted by Crippen LogP contribution is -2.12. The molecule has 1 amide bonds. The van der Waals surface area contributed by atoms with Crippen molar-refractivity contribution < 1.29 is 9.53 Å². The van der Waals surface area contributed by atoms with Crippen LogP contribution in [0.2, 0.25) is 0 Å². The molecule has 0 atom stereocenters. The minimum Gasteiger partial charge on any atom is -0.495 e. The van der Waals surface area contributed by atoms with Crippen LogP contribution >= 0.6 is 0 Å². The molecule has 2 heterocycles. The number of carbonyl (C=O) groups is 1. The fraction of sp³-hybridized carbons (Fsp3) is 0.0500. The summed E-state index contributed by atoms with van der Waals surface area (Å²) in [5.74, 6) is 0.303. The van der Waals surface area contributed by atoms with Crippen molar-refractivity contribution in [2.45, 2.75) is 0 Å².